The Bertz CT molecular complexity index is 490. The highest BCUT2D eigenvalue weighted by Gasteiger charge is 2.14. The zero-order valence-electron chi connectivity index (χ0n) is 10.9. The number of rotatable bonds is 1. The molecule has 0 atom stereocenters. The molecule has 88 valence electrons. The predicted octanol–water partition coefficient (Wildman–Crippen LogP) is 3.75. The van der Waals surface area contributed by atoms with Gasteiger partial charge in [-0.25, -0.2) is 9.97 Å². The summed E-state index contributed by atoms with van der Waals surface area (Å²) in [7, 11) is 0. The molecule has 0 saturated heterocycles. The van der Waals surface area contributed by atoms with Crippen molar-refractivity contribution in [1.29, 1.82) is 0 Å². The van der Waals surface area contributed by atoms with E-state index in [1.807, 2.05) is 12.4 Å². The summed E-state index contributed by atoms with van der Waals surface area (Å²) in [6.07, 6.45) is 3.84. The highest BCUT2D eigenvalue weighted by atomic mass is 14.9. The lowest BCUT2D eigenvalue weighted by molar-refractivity contribution is 0.584. The highest BCUT2D eigenvalue weighted by Crippen LogP contribution is 2.22. The van der Waals surface area contributed by atoms with Crippen molar-refractivity contribution in [3.05, 3.63) is 47.8 Å². The van der Waals surface area contributed by atoms with E-state index >= 15 is 0 Å². The number of hydrogen-bond donors (Lipinski definition) is 0. The molecule has 0 spiro atoms. The van der Waals surface area contributed by atoms with Crippen LogP contribution in [0.1, 0.15) is 31.9 Å². The number of nitrogens with zero attached hydrogens (tertiary/aromatic N) is 2. The zero-order valence-corrected chi connectivity index (χ0v) is 10.9. The van der Waals surface area contributed by atoms with Crippen LogP contribution in [-0.2, 0) is 5.41 Å². The van der Waals surface area contributed by atoms with E-state index in [0.29, 0.717) is 0 Å². The minimum atomic E-state index is 0.103. The van der Waals surface area contributed by atoms with Crippen LogP contribution in [0.4, 0.5) is 0 Å². The van der Waals surface area contributed by atoms with Gasteiger partial charge < -0.3 is 0 Å². The molecule has 0 unspecified atom stereocenters. The van der Waals surface area contributed by atoms with Crippen LogP contribution < -0.4 is 0 Å². The Hall–Kier alpha value is -1.70. The van der Waals surface area contributed by atoms with Crippen molar-refractivity contribution in [2.24, 2.45) is 0 Å². The third-order valence-electron chi connectivity index (χ3n) is 2.83. The van der Waals surface area contributed by atoms with E-state index in [-0.39, 0.29) is 5.41 Å². The summed E-state index contributed by atoms with van der Waals surface area (Å²) >= 11 is 0. The molecule has 0 aliphatic rings. The molecule has 0 aliphatic carbocycles. The van der Waals surface area contributed by atoms with Gasteiger partial charge in [0.25, 0.3) is 0 Å². The second-order valence-electron chi connectivity index (χ2n) is 5.41. The standard InChI is InChI=1S/C15H18N2/c1-11-5-7-12(8-6-11)14-16-9-13(10-17-14)15(2,3)4/h5-10H,1-4H3. The van der Waals surface area contributed by atoms with E-state index in [1.165, 1.54) is 5.56 Å². The summed E-state index contributed by atoms with van der Waals surface area (Å²) in [6, 6.07) is 8.27. The molecule has 0 aliphatic heterocycles. The molecule has 0 fully saturated rings. The van der Waals surface area contributed by atoms with Crippen LogP contribution in [0.25, 0.3) is 11.4 Å². The monoisotopic (exact) mass is 226 g/mol. The minimum absolute atomic E-state index is 0.103. The van der Waals surface area contributed by atoms with E-state index in [4.69, 9.17) is 0 Å². The van der Waals surface area contributed by atoms with E-state index < -0.39 is 0 Å². The Kier molecular flexibility index (Phi) is 2.97. The van der Waals surface area contributed by atoms with Crippen molar-refractivity contribution < 1.29 is 0 Å². The molecule has 1 aromatic heterocycles. The lowest BCUT2D eigenvalue weighted by Crippen LogP contribution is -2.12. The van der Waals surface area contributed by atoms with Crippen LogP contribution in [0.5, 0.6) is 0 Å². The Morgan fingerprint density at radius 3 is 1.88 bits per heavy atom. The lowest BCUT2D eigenvalue weighted by Gasteiger charge is -2.17. The third kappa shape index (κ3) is 2.70. The van der Waals surface area contributed by atoms with Crippen LogP contribution in [-0.4, -0.2) is 9.97 Å². The van der Waals surface area contributed by atoms with E-state index in [2.05, 4.69) is 61.9 Å². The Morgan fingerprint density at radius 1 is 0.882 bits per heavy atom. The van der Waals surface area contributed by atoms with Crippen LogP contribution in [0.15, 0.2) is 36.7 Å². The highest BCUT2D eigenvalue weighted by molar-refractivity contribution is 5.55. The summed E-state index contributed by atoms with van der Waals surface area (Å²) in [5, 5.41) is 0. The molecule has 0 bridgehead atoms. The van der Waals surface area contributed by atoms with Crippen molar-refractivity contribution in [2.75, 3.05) is 0 Å². The van der Waals surface area contributed by atoms with Gasteiger partial charge in [0.1, 0.15) is 0 Å². The Balaban J connectivity index is 2.33. The van der Waals surface area contributed by atoms with Gasteiger partial charge in [-0.05, 0) is 17.9 Å². The molecule has 2 heteroatoms. The predicted molar refractivity (Wildman–Crippen MR) is 70.9 cm³/mol. The first-order valence-electron chi connectivity index (χ1n) is 5.86. The van der Waals surface area contributed by atoms with Gasteiger partial charge in [-0.2, -0.15) is 0 Å². The van der Waals surface area contributed by atoms with Crippen molar-refractivity contribution in [3.8, 4) is 11.4 Å². The first kappa shape index (κ1) is 11.8. The summed E-state index contributed by atoms with van der Waals surface area (Å²) in [4.78, 5) is 8.87. The van der Waals surface area contributed by atoms with Gasteiger partial charge in [0.15, 0.2) is 5.82 Å². The van der Waals surface area contributed by atoms with Gasteiger partial charge in [0, 0.05) is 18.0 Å². The van der Waals surface area contributed by atoms with E-state index in [1.54, 1.807) is 0 Å². The minimum Gasteiger partial charge on any atom is -0.236 e. The first-order chi connectivity index (χ1) is 7.97. The molecule has 0 radical (unpaired) electrons. The smallest absolute Gasteiger partial charge is 0.159 e. The number of aromatic nitrogens is 2. The molecule has 0 saturated carbocycles. The van der Waals surface area contributed by atoms with E-state index in [9.17, 15) is 0 Å². The van der Waals surface area contributed by atoms with Crippen molar-refractivity contribution >= 4 is 0 Å². The number of benzene rings is 1. The maximum Gasteiger partial charge on any atom is 0.159 e. The molecule has 1 aromatic carbocycles. The second-order valence-corrected chi connectivity index (χ2v) is 5.41. The van der Waals surface area contributed by atoms with Crippen molar-refractivity contribution in [3.63, 3.8) is 0 Å². The molecule has 0 N–H and O–H groups in total. The fourth-order valence-electron chi connectivity index (χ4n) is 1.57. The van der Waals surface area contributed by atoms with E-state index in [0.717, 1.165) is 17.0 Å². The maximum atomic E-state index is 4.43. The first-order valence-corrected chi connectivity index (χ1v) is 5.86. The summed E-state index contributed by atoms with van der Waals surface area (Å²) in [5.74, 6) is 0.790. The van der Waals surface area contributed by atoms with Gasteiger partial charge in [-0.1, -0.05) is 50.6 Å². The Morgan fingerprint density at radius 2 is 1.41 bits per heavy atom. The summed E-state index contributed by atoms with van der Waals surface area (Å²) in [6.45, 7) is 8.57. The molecule has 17 heavy (non-hydrogen) atoms. The molecule has 2 rings (SSSR count). The molecule has 2 nitrogen and oxygen atoms in total. The number of aryl methyl sites for hydroxylation is 1. The van der Waals surface area contributed by atoms with Crippen LogP contribution in [0.2, 0.25) is 0 Å². The Labute approximate surface area is 103 Å². The number of hydrogen-bond acceptors (Lipinski definition) is 2. The second kappa shape index (κ2) is 4.28. The summed E-state index contributed by atoms with van der Waals surface area (Å²) in [5.41, 5.74) is 3.58. The maximum absolute atomic E-state index is 4.43. The van der Waals surface area contributed by atoms with Crippen molar-refractivity contribution in [2.45, 2.75) is 33.1 Å². The molecular formula is C15H18N2. The largest absolute Gasteiger partial charge is 0.236 e. The quantitative estimate of drug-likeness (QED) is 0.740. The molecular weight excluding hydrogens is 208 g/mol. The SMILES string of the molecule is Cc1ccc(-c2ncc(C(C)(C)C)cn2)cc1. The van der Waals surface area contributed by atoms with Crippen molar-refractivity contribution in [1.82, 2.24) is 9.97 Å². The van der Waals surface area contributed by atoms with Gasteiger partial charge in [-0.15, -0.1) is 0 Å². The molecule has 1 heterocycles. The fourth-order valence-corrected chi connectivity index (χ4v) is 1.57. The zero-order chi connectivity index (χ0) is 12.5. The van der Waals surface area contributed by atoms with Gasteiger partial charge in [-0.3, -0.25) is 0 Å². The third-order valence-corrected chi connectivity index (χ3v) is 2.83. The van der Waals surface area contributed by atoms with Crippen LogP contribution in [0.3, 0.4) is 0 Å². The topological polar surface area (TPSA) is 25.8 Å². The molecule has 0 amide bonds. The molecule has 2 aromatic rings. The average molecular weight is 226 g/mol. The lowest BCUT2D eigenvalue weighted by atomic mass is 9.89. The summed E-state index contributed by atoms with van der Waals surface area (Å²) < 4.78 is 0. The average Bonchev–Trinajstić information content (AvgIpc) is 2.29. The van der Waals surface area contributed by atoms with Gasteiger partial charge in [0.05, 0.1) is 0 Å². The normalized spacial score (nSPS) is 11.5. The fraction of sp³-hybridized carbons (Fsp3) is 0.333. The van der Waals surface area contributed by atoms with Gasteiger partial charge >= 0.3 is 0 Å². The van der Waals surface area contributed by atoms with Crippen LogP contribution >= 0.6 is 0 Å². The van der Waals surface area contributed by atoms with Gasteiger partial charge in [0.2, 0.25) is 0 Å². The van der Waals surface area contributed by atoms with Crippen LogP contribution in [0, 0.1) is 6.92 Å².